The molecule has 0 radical (unpaired) electrons. The fraction of sp³-hybridized carbons (Fsp3) is 0.0667. The van der Waals surface area contributed by atoms with Gasteiger partial charge in [-0.15, -0.1) is 0 Å². The number of ether oxygens (including phenoxy) is 1. The number of amides is 1. The molecular weight excluding hydrogens is 292 g/mol. The molecule has 0 spiro atoms. The molecule has 2 aromatic heterocycles. The Hall–Kier alpha value is -2.96. The zero-order valence-corrected chi connectivity index (χ0v) is 11.3. The van der Waals surface area contributed by atoms with E-state index in [4.69, 9.17) is 10.5 Å². The number of primary amides is 1. The highest BCUT2D eigenvalue weighted by atomic mass is 19.1. The first-order valence-electron chi connectivity index (χ1n) is 6.39. The number of H-pyrrole nitrogens is 1. The first kappa shape index (κ1) is 14.0. The lowest BCUT2D eigenvalue weighted by Gasteiger charge is -2.09. The van der Waals surface area contributed by atoms with Crippen molar-refractivity contribution in [3.63, 3.8) is 0 Å². The van der Waals surface area contributed by atoms with Gasteiger partial charge in [0.1, 0.15) is 29.6 Å². The number of nitrogens with two attached hydrogens (primary N) is 1. The molecule has 0 atom stereocenters. The largest absolute Gasteiger partial charge is 0.487 e. The minimum atomic E-state index is -1.01. The van der Waals surface area contributed by atoms with E-state index in [1.165, 1.54) is 6.20 Å². The van der Waals surface area contributed by atoms with Crippen LogP contribution in [0.15, 0.2) is 36.7 Å². The highest BCUT2D eigenvalue weighted by Gasteiger charge is 2.17. The molecule has 1 aromatic carbocycles. The van der Waals surface area contributed by atoms with Crippen molar-refractivity contribution >= 4 is 16.9 Å². The molecular formula is C15H11F2N3O2. The van der Waals surface area contributed by atoms with Crippen molar-refractivity contribution in [3.05, 3.63) is 59.4 Å². The lowest BCUT2D eigenvalue weighted by atomic mass is 10.1. The molecule has 2 heterocycles. The standard InChI is InChI=1S/C15H11F2N3O2/c16-12-2-1-10(14(18)21)13(17)11(12)7-22-9-5-8-3-4-19-15(8)20-6-9/h1-6H,7H2,(H2,18,21)(H,19,20). The van der Waals surface area contributed by atoms with Crippen molar-refractivity contribution in [2.45, 2.75) is 6.61 Å². The van der Waals surface area contributed by atoms with Gasteiger partial charge in [0.2, 0.25) is 0 Å². The maximum absolute atomic E-state index is 14.0. The van der Waals surface area contributed by atoms with Crippen LogP contribution in [0.2, 0.25) is 0 Å². The molecule has 0 unspecified atom stereocenters. The summed E-state index contributed by atoms with van der Waals surface area (Å²) in [5.74, 6) is -2.43. The van der Waals surface area contributed by atoms with Crippen LogP contribution in [0.5, 0.6) is 5.75 Å². The molecule has 22 heavy (non-hydrogen) atoms. The van der Waals surface area contributed by atoms with Gasteiger partial charge in [-0.1, -0.05) is 0 Å². The van der Waals surface area contributed by atoms with E-state index >= 15 is 0 Å². The topological polar surface area (TPSA) is 81.0 Å². The van der Waals surface area contributed by atoms with Gasteiger partial charge in [-0.25, -0.2) is 13.8 Å². The summed E-state index contributed by atoms with van der Waals surface area (Å²) in [5.41, 5.74) is 4.98. The number of halogens is 2. The molecule has 3 N–H and O–H groups in total. The summed E-state index contributed by atoms with van der Waals surface area (Å²) >= 11 is 0. The van der Waals surface area contributed by atoms with E-state index in [9.17, 15) is 13.6 Å². The van der Waals surface area contributed by atoms with Crippen LogP contribution < -0.4 is 10.5 Å². The molecule has 0 saturated carbocycles. The molecule has 7 heteroatoms. The minimum Gasteiger partial charge on any atom is -0.487 e. The number of fused-ring (bicyclic) bond motifs is 1. The minimum absolute atomic E-state index is 0.356. The predicted octanol–water partition coefficient (Wildman–Crippen LogP) is 2.52. The van der Waals surface area contributed by atoms with Gasteiger partial charge in [-0.2, -0.15) is 0 Å². The van der Waals surface area contributed by atoms with E-state index < -0.39 is 17.5 Å². The Morgan fingerprint density at radius 3 is 2.91 bits per heavy atom. The lowest BCUT2D eigenvalue weighted by molar-refractivity contribution is 0.0996. The maximum Gasteiger partial charge on any atom is 0.251 e. The second-order valence-corrected chi connectivity index (χ2v) is 4.63. The Bertz CT molecular complexity index is 861. The van der Waals surface area contributed by atoms with Gasteiger partial charge in [0.25, 0.3) is 5.91 Å². The average molecular weight is 303 g/mol. The summed E-state index contributed by atoms with van der Waals surface area (Å²) in [4.78, 5) is 18.1. The normalized spacial score (nSPS) is 10.8. The second kappa shape index (κ2) is 5.44. The summed E-state index contributed by atoms with van der Waals surface area (Å²) in [5, 5.41) is 0.810. The summed E-state index contributed by atoms with van der Waals surface area (Å²) in [6.07, 6.45) is 3.16. The van der Waals surface area contributed by atoms with Crippen molar-refractivity contribution in [1.82, 2.24) is 9.97 Å². The van der Waals surface area contributed by atoms with Gasteiger partial charge in [0.05, 0.1) is 17.3 Å². The maximum atomic E-state index is 14.0. The number of pyridine rings is 1. The number of carbonyl (C=O) groups excluding carboxylic acids is 1. The molecule has 112 valence electrons. The summed E-state index contributed by atoms with van der Waals surface area (Å²) in [7, 11) is 0. The average Bonchev–Trinajstić information content (AvgIpc) is 2.94. The molecule has 1 amide bonds. The fourth-order valence-corrected chi connectivity index (χ4v) is 2.07. The quantitative estimate of drug-likeness (QED) is 0.777. The number of nitrogens with one attached hydrogen (secondary N) is 1. The van der Waals surface area contributed by atoms with Gasteiger partial charge >= 0.3 is 0 Å². The third-order valence-corrected chi connectivity index (χ3v) is 3.21. The zero-order valence-electron chi connectivity index (χ0n) is 11.3. The smallest absolute Gasteiger partial charge is 0.251 e. The number of hydrogen-bond donors (Lipinski definition) is 2. The van der Waals surface area contributed by atoms with Gasteiger partial charge in [-0.3, -0.25) is 4.79 Å². The number of aromatic nitrogens is 2. The molecule has 3 aromatic rings. The first-order valence-corrected chi connectivity index (χ1v) is 6.39. The Balaban J connectivity index is 1.86. The number of rotatable bonds is 4. The molecule has 3 rings (SSSR count). The highest BCUT2D eigenvalue weighted by Crippen LogP contribution is 2.21. The highest BCUT2D eigenvalue weighted by molar-refractivity contribution is 5.93. The number of aromatic amines is 1. The predicted molar refractivity (Wildman–Crippen MR) is 75.3 cm³/mol. The van der Waals surface area contributed by atoms with E-state index in [0.717, 1.165) is 17.5 Å². The summed E-state index contributed by atoms with van der Waals surface area (Å²) in [6, 6.07) is 5.47. The molecule has 0 aliphatic heterocycles. The van der Waals surface area contributed by atoms with Crippen molar-refractivity contribution in [3.8, 4) is 5.75 Å². The molecule has 5 nitrogen and oxygen atoms in total. The Morgan fingerprint density at radius 2 is 2.14 bits per heavy atom. The third-order valence-electron chi connectivity index (χ3n) is 3.21. The van der Waals surface area contributed by atoms with Crippen molar-refractivity contribution in [1.29, 1.82) is 0 Å². The Morgan fingerprint density at radius 1 is 1.32 bits per heavy atom. The first-order chi connectivity index (χ1) is 10.6. The number of benzene rings is 1. The Kier molecular flexibility index (Phi) is 3.46. The van der Waals surface area contributed by atoms with Crippen LogP contribution >= 0.6 is 0 Å². The number of carbonyl (C=O) groups is 1. The molecule has 0 bridgehead atoms. The molecule has 0 saturated heterocycles. The van der Waals surface area contributed by atoms with Crippen LogP contribution in [0.4, 0.5) is 8.78 Å². The fourth-order valence-electron chi connectivity index (χ4n) is 2.07. The van der Waals surface area contributed by atoms with Gasteiger partial charge in [0, 0.05) is 11.6 Å². The lowest BCUT2D eigenvalue weighted by Crippen LogP contribution is -2.15. The van der Waals surface area contributed by atoms with E-state index in [0.29, 0.717) is 11.4 Å². The third kappa shape index (κ3) is 2.48. The molecule has 0 aliphatic rings. The van der Waals surface area contributed by atoms with E-state index in [2.05, 4.69) is 9.97 Å². The monoisotopic (exact) mass is 303 g/mol. The van der Waals surface area contributed by atoms with Crippen LogP contribution in [-0.2, 0) is 6.61 Å². The van der Waals surface area contributed by atoms with Gasteiger partial charge < -0.3 is 15.5 Å². The summed E-state index contributed by atoms with van der Waals surface area (Å²) < 4.78 is 33.1. The molecule has 0 aliphatic carbocycles. The van der Waals surface area contributed by atoms with E-state index in [1.807, 2.05) is 0 Å². The second-order valence-electron chi connectivity index (χ2n) is 4.63. The summed E-state index contributed by atoms with van der Waals surface area (Å²) in [6.45, 7) is -0.379. The van der Waals surface area contributed by atoms with Crippen LogP contribution in [-0.4, -0.2) is 15.9 Å². The zero-order chi connectivity index (χ0) is 15.7. The van der Waals surface area contributed by atoms with Crippen molar-refractivity contribution in [2.24, 2.45) is 5.73 Å². The van der Waals surface area contributed by atoms with Crippen LogP contribution in [0.3, 0.4) is 0 Å². The molecule has 0 fully saturated rings. The van der Waals surface area contributed by atoms with Gasteiger partial charge in [0.15, 0.2) is 0 Å². The Labute approximate surface area is 123 Å². The van der Waals surface area contributed by atoms with Crippen molar-refractivity contribution in [2.75, 3.05) is 0 Å². The van der Waals surface area contributed by atoms with E-state index in [1.54, 1.807) is 18.3 Å². The number of nitrogens with zero attached hydrogens (tertiary/aromatic N) is 1. The van der Waals surface area contributed by atoms with Crippen LogP contribution in [0.25, 0.3) is 11.0 Å². The van der Waals surface area contributed by atoms with Crippen LogP contribution in [0.1, 0.15) is 15.9 Å². The van der Waals surface area contributed by atoms with Gasteiger partial charge in [-0.05, 0) is 24.3 Å². The van der Waals surface area contributed by atoms with Crippen LogP contribution in [0, 0.1) is 11.6 Å². The van der Waals surface area contributed by atoms with Crippen molar-refractivity contribution < 1.29 is 18.3 Å². The number of hydrogen-bond acceptors (Lipinski definition) is 3. The SMILES string of the molecule is NC(=O)c1ccc(F)c(COc2cnc3[nH]ccc3c2)c1F. The van der Waals surface area contributed by atoms with E-state index in [-0.39, 0.29) is 17.7 Å².